The molecule has 2 atom stereocenters. The quantitative estimate of drug-likeness (QED) is 0.478. The van der Waals surface area contributed by atoms with Crippen molar-refractivity contribution in [3.8, 4) is 5.75 Å². The normalized spacial score (nSPS) is 13.1. The van der Waals surface area contributed by atoms with E-state index in [4.69, 9.17) is 9.47 Å². The minimum absolute atomic E-state index is 0.0460. The molecular weight excluding hydrogens is 442 g/mol. The third-order valence-corrected chi connectivity index (χ3v) is 4.76. The van der Waals surface area contributed by atoms with E-state index in [0.29, 0.717) is 0 Å². The maximum absolute atomic E-state index is 13.7. The molecule has 0 radical (unpaired) electrons. The summed E-state index contributed by atoms with van der Waals surface area (Å²) in [6.45, 7) is 5.41. The van der Waals surface area contributed by atoms with Crippen LogP contribution in [0.1, 0.15) is 43.7 Å². The number of ether oxygens (including phenoxy) is 2. The van der Waals surface area contributed by atoms with Crippen LogP contribution < -0.4 is 10.1 Å². The molecule has 2 aromatic carbocycles. The van der Waals surface area contributed by atoms with Gasteiger partial charge in [-0.3, -0.25) is 4.98 Å². The highest BCUT2D eigenvalue weighted by Gasteiger charge is 2.27. The van der Waals surface area contributed by atoms with Crippen molar-refractivity contribution in [1.29, 1.82) is 0 Å². The molecule has 0 saturated carbocycles. The molecule has 0 fully saturated rings. The minimum atomic E-state index is -1.26. The molecule has 6 nitrogen and oxygen atoms in total. The van der Waals surface area contributed by atoms with E-state index in [2.05, 4.69) is 10.3 Å². The second-order valence-electron chi connectivity index (χ2n) is 8.87. The Kier molecular flexibility index (Phi) is 8.17. The van der Waals surface area contributed by atoms with E-state index in [0.717, 1.165) is 29.5 Å². The molecule has 2 N–H and O–H groups in total. The van der Waals surface area contributed by atoms with Crippen molar-refractivity contribution in [3.63, 3.8) is 0 Å². The topological polar surface area (TPSA) is 80.7 Å². The Bertz CT molecular complexity index is 1070. The van der Waals surface area contributed by atoms with E-state index in [-0.39, 0.29) is 24.3 Å². The van der Waals surface area contributed by atoms with Gasteiger partial charge in [-0.2, -0.15) is 0 Å². The number of benzene rings is 2. The summed E-state index contributed by atoms with van der Waals surface area (Å²) in [5.74, 6) is -0.779. The zero-order chi connectivity index (χ0) is 24.7. The number of nitrogens with zero attached hydrogens (tertiary/aromatic N) is 1. The van der Waals surface area contributed by atoms with Crippen LogP contribution in [0.5, 0.6) is 5.75 Å². The molecule has 1 amide bonds. The predicted octanol–water partition coefficient (Wildman–Crippen LogP) is 5.11. The average molecular weight is 471 g/mol. The first-order valence-corrected chi connectivity index (χ1v) is 10.8. The first kappa shape index (κ1) is 25.1. The van der Waals surface area contributed by atoms with Crippen LogP contribution in [0.15, 0.2) is 66.9 Å². The fourth-order valence-corrected chi connectivity index (χ4v) is 3.27. The maximum atomic E-state index is 13.7. The lowest BCUT2D eigenvalue weighted by atomic mass is 9.98. The molecular formula is C26H28F2N2O4. The highest BCUT2D eigenvalue weighted by atomic mass is 19.1. The van der Waals surface area contributed by atoms with Gasteiger partial charge in [-0.15, -0.1) is 0 Å². The van der Waals surface area contributed by atoms with Crippen LogP contribution in [0.25, 0.3) is 0 Å². The number of pyridine rings is 1. The lowest BCUT2D eigenvalue weighted by Crippen LogP contribution is -2.43. The van der Waals surface area contributed by atoms with E-state index >= 15 is 0 Å². The molecule has 180 valence electrons. The van der Waals surface area contributed by atoms with Crippen molar-refractivity contribution in [3.05, 3.63) is 95.3 Å². The lowest BCUT2D eigenvalue weighted by Gasteiger charge is -2.26. The largest absolute Gasteiger partial charge is 0.489 e. The van der Waals surface area contributed by atoms with E-state index in [1.807, 2.05) is 30.3 Å². The van der Waals surface area contributed by atoms with Gasteiger partial charge >= 0.3 is 6.09 Å². The van der Waals surface area contributed by atoms with E-state index in [1.165, 1.54) is 0 Å². The fraction of sp³-hybridized carbons (Fsp3) is 0.308. The Balaban J connectivity index is 1.74. The third-order valence-electron chi connectivity index (χ3n) is 4.76. The monoisotopic (exact) mass is 470 g/mol. The summed E-state index contributed by atoms with van der Waals surface area (Å²) in [6.07, 6.45) is -0.506. The van der Waals surface area contributed by atoms with Gasteiger partial charge in [-0.25, -0.2) is 13.6 Å². The summed E-state index contributed by atoms with van der Waals surface area (Å²) in [7, 11) is 0. The number of para-hydroxylation sites is 1. The van der Waals surface area contributed by atoms with E-state index < -0.39 is 35.5 Å². The van der Waals surface area contributed by atoms with Gasteiger partial charge in [0.1, 0.15) is 35.7 Å². The van der Waals surface area contributed by atoms with Crippen molar-refractivity contribution < 1.29 is 28.2 Å². The molecule has 2 unspecified atom stereocenters. The molecule has 3 rings (SSSR count). The van der Waals surface area contributed by atoms with Crippen molar-refractivity contribution in [1.82, 2.24) is 10.3 Å². The highest BCUT2D eigenvalue weighted by Crippen LogP contribution is 2.21. The number of halogens is 2. The summed E-state index contributed by atoms with van der Waals surface area (Å²) in [5.41, 5.74) is 0.568. The number of alkyl carbamates (subject to hydrolysis) is 1. The van der Waals surface area contributed by atoms with Gasteiger partial charge in [0.05, 0.1) is 11.7 Å². The first-order valence-electron chi connectivity index (χ1n) is 10.8. The van der Waals surface area contributed by atoms with Gasteiger partial charge in [-0.1, -0.05) is 24.3 Å². The van der Waals surface area contributed by atoms with Crippen LogP contribution in [0.3, 0.4) is 0 Å². The predicted molar refractivity (Wildman–Crippen MR) is 123 cm³/mol. The van der Waals surface area contributed by atoms with Gasteiger partial charge in [0.2, 0.25) is 0 Å². The van der Waals surface area contributed by atoms with Crippen LogP contribution in [-0.2, 0) is 17.8 Å². The number of hydrogen-bond donors (Lipinski definition) is 2. The van der Waals surface area contributed by atoms with Crippen LogP contribution >= 0.6 is 0 Å². The second-order valence-corrected chi connectivity index (χ2v) is 8.87. The van der Waals surface area contributed by atoms with Crippen LogP contribution in [0.4, 0.5) is 13.6 Å². The van der Waals surface area contributed by atoms with Crippen molar-refractivity contribution in [2.75, 3.05) is 0 Å². The molecule has 0 spiro atoms. The molecule has 0 aliphatic carbocycles. The number of amides is 1. The number of aromatic nitrogens is 1. The minimum Gasteiger partial charge on any atom is -0.489 e. The maximum Gasteiger partial charge on any atom is 0.407 e. The van der Waals surface area contributed by atoms with Gasteiger partial charge in [0.15, 0.2) is 0 Å². The summed E-state index contributed by atoms with van der Waals surface area (Å²) in [5, 5.41) is 13.6. The number of aliphatic hydroxyl groups is 1. The smallest absolute Gasteiger partial charge is 0.407 e. The zero-order valence-corrected chi connectivity index (χ0v) is 19.3. The van der Waals surface area contributed by atoms with Gasteiger partial charge < -0.3 is 19.9 Å². The van der Waals surface area contributed by atoms with E-state index in [9.17, 15) is 18.7 Å². The molecule has 34 heavy (non-hydrogen) atoms. The average Bonchev–Trinajstić information content (AvgIpc) is 2.76. The molecule has 1 aromatic heterocycles. The number of nitrogens with one attached hydrogen (secondary N) is 1. The highest BCUT2D eigenvalue weighted by molar-refractivity contribution is 5.68. The summed E-state index contributed by atoms with van der Waals surface area (Å²) >= 11 is 0. The molecule has 3 aromatic rings. The third kappa shape index (κ3) is 7.81. The molecule has 0 bridgehead atoms. The zero-order valence-electron chi connectivity index (χ0n) is 19.3. The molecule has 0 aliphatic heterocycles. The molecule has 0 saturated heterocycles. The number of rotatable bonds is 8. The van der Waals surface area contributed by atoms with E-state index in [1.54, 1.807) is 39.1 Å². The van der Waals surface area contributed by atoms with Crippen LogP contribution in [-0.4, -0.2) is 27.8 Å². The Morgan fingerprint density at radius 2 is 1.71 bits per heavy atom. The second kappa shape index (κ2) is 11.1. The molecule has 0 aliphatic rings. The Morgan fingerprint density at radius 3 is 2.29 bits per heavy atom. The number of aliphatic hydroxyl groups excluding tert-OH is 1. The van der Waals surface area contributed by atoms with Crippen molar-refractivity contribution in [2.45, 2.75) is 51.5 Å². The molecule has 8 heteroatoms. The number of hydrogen-bond acceptors (Lipinski definition) is 5. The fourth-order valence-electron chi connectivity index (χ4n) is 3.27. The summed E-state index contributed by atoms with van der Waals surface area (Å²) in [4.78, 5) is 16.7. The number of carbonyl (C=O) groups excluding carboxylic acids is 1. The Hall–Kier alpha value is -3.52. The lowest BCUT2D eigenvalue weighted by molar-refractivity contribution is 0.0417. The standard InChI is InChI=1S/C26H28F2N2O4/c1-26(2,3)34-25(32)30-23(13-18-11-19(27)14-20(28)12-18)24(31)22-10-9-17(15-29-22)16-33-21-7-5-4-6-8-21/h4-12,14-15,23-24,31H,13,16H2,1-3H3,(H,30,32). The molecule has 1 heterocycles. The SMILES string of the molecule is CC(C)(C)OC(=O)NC(Cc1cc(F)cc(F)c1)C(O)c1ccc(COc2ccccc2)cn1. The Morgan fingerprint density at radius 1 is 1.03 bits per heavy atom. The summed E-state index contributed by atoms with van der Waals surface area (Å²) in [6, 6.07) is 14.8. The Labute approximate surface area is 197 Å². The van der Waals surface area contributed by atoms with Gasteiger partial charge in [0.25, 0.3) is 0 Å². The number of carbonyl (C=O) groups is 1. The van der Waals surface area contributed by atoms with Crippen molar-refractivity contribution in [2.24, 2.45) is 0 Å². The van der Waals surface area contributed by atoms with Gasteiger partial charge in [0, 0.05) is 17.8 Å². The first-order chi connectivity index (χ1) is 16.1. The van der Waals surface area contributed by atoms with Crippen molar-refractivity contribution >= 4 is 6.09 Å². The van der Waals surface area contributed by atoms with Gasteiger partial charge in [-0.05, 0) is 63.1 Å². The summed E-state index contributed by atoms with van der Waals surface area (Å²) < 4.78 is 38.4. The van der Waals surface area contributed by atoms with Crippen LogP contribution in [0.2, 0.25) is 0 Å². The van der Waals surface area contributed by atoms with Crippen LogP contribution in [0, 0.1) is 11.6 Å².